The lowest BCUT2D eigenvalue weighted by Crippen LogP contribution is -2.34. The fraction of sp³-hybridized carbons (Fsp3) is 0.647. The van der Waals surface area contributed by atoms with Gasteiger partial charge in [0.15, 0.2) is 0 Å². The monoisotopic (exact) mass is 277 g/mol. The molecule has 3 heteroatoms. The highest BCUT2D eigenvalue weighted by Gasteiger charge is 2.13. The van der Waals surface area contributed by atoms with Gasteiger partial charge in [-0.2, -0.15) is 0 Å². The Kier molecular flexibility index (Phi) is 7.06. The first-order valence-electron chi connectivity index (χ1n) is 7.85. The van der Waals surface area contributed by atoms with Crippen LogP contribution in [0.25, 0.3) is 0 Å². The molecule has 0 radical (unpaired) electrons. The summed E-state index contributed by atoms with van der Waals surface area (Å²) >= 11 is 0. The van der Waals surface area contributed by atoms with Crippen molar-refractivity contribution in [3.05, 3.63) is 35.9 Å². The normalized spacial score (nSPS) is 18.1. The van der Waals surface area contributed by atoms with Gasteiger partial charge in [-0.15, -0.1) is 0 Å². The smallest absolute Gasteiger partial charge is 0.0897 e. The maximum atomic E-state index is 9.87. The molecular weight excluding hydrogens is 250 g/mol. The van der Waals surface area contributed by atoms with Gasteiger partial charge in [-0.05, 0) is 30.9 Å². The van der Waals surface area contributed by atoms with E-state index >= 15 is 0 Å². The van der Waals surface area contributed by atoms with Crippen molar-refractivity contribution in [3.8, 4) is 0 Å². The van der Waals surface area contributed by atoms with Gasteiger partial charge in [0.1, 0.15) is 0 Å². The minimum absolute atomic E-state index is 0.395. The summed E-state index contributed by atoms with van der Waals surface area (Å²) in [5.41, 5.74) is 1.15. The molecule has 0 spiro atoms. The molecule has 112 valence electrons. The fourth-order valence-corrected chi connectivity index (χ4v) is 2.79. The third-order valence-corrected chi connectivity index (χ3v) is 3.96. The van der Waals surface area contributed by atoms with Crippen molar-refractivity contribution in [3.63, 3.8) is 0 Å². The maximum Gasteiger partial charge on any atom is 0.0897 e. The number of hydrogen-bond acceptors (Lipinski definition) is 3. The highest BCUT2D eigenvalue weighted by molar-refractivity contribution is 5.13. The Labute approximate surface area is 122 Å². The molecule has 2 N–H and O–H groups in total. The molecule has 1 aromatic rings. The van der Waals surface area contributed by atoms with Crippen LogP contribution in [0.5, 0.6) is 0 Å². The summed E-state index contributed by atoms with van der Waals surface area (Å²) in [5, 5.41) is 13.2. The Hall–Kier alpha value is -0.900. The Bertz CT molecular complexity index is 349. The van der Waals surface area contributed by atoms with Gasteiger partial charge in [-0.25, -0.2) is 0 Å². The molecule has 1 aliphatic rings. The molecule has 0 saturated heterocycles. The molecule has 2 rings (SSSR count). The van der Waals surface area contributed by atoms with Gasteiger partial charge in [-0.3, -0.25) is 0 Å². The molecule has 0 bridgehead atoms. The predicted molar refractivity (Wildman–Crippen MR) is 81.5 cm³/mol. The predicted octanol–water partition coefficient (Wildman–Crippen LogP) is 2.73. The van der Waals surface area contributed by atoms with E-state index in [-0.39, 0.29) is 0 Å². The zero-order valence-electron chi connectivity index (χ0n) is 12.3. The summed E-state index contributed by atoms with van der Waals surface area (Å²) in [4.78, 5) is 0. The van der Waals surface area contributed by atoms with Gasteiger partial charge in [0.25, 0.3) is 0 Å². The number of nitrogens with one attached hydrogen (secondary N) is 1. The molecule has 0 aromatic heterocycles. The second-order valence-corrected chi connectivity index (χ2v) is 5.82. The molecule has 1 aromatic carbocycles. The van der Waals surface area contributed by atoms with Gasteiger partial charge in [0.05, 0.1) is 19.3 Å². The molecule has 0 heterocycles. The van der Waals surface area contributed by atoms with Crippen LogP contribution < -0.4 is 5.32 Å². The molecule has 20 heavy (non-hydrogen) atoms. The first-order chi connectivity index (χ1) is 9.84. The van der Waals surface area contributed by atoms with Crippen LogP contribution in [0.2, 0.25) is 0 Å². The zero-order valence-corrected chi connectivity index (χ0v) is 12.3. The number of benzene rings is 1. The van der Waals surface area contributed by atoms with E-state index in [1.165, 1.54) is 32.1 Å². The Morgan fingerprint density at radius 1 is 1.15 bits per heavy atom. The maximum absolute atomic E-state index is 9.87. The molecule has 1 unspecified atom stereocenters. The second-order valence-electron chi connectivity index (χ2n) is 5.82. The SMILES string of the molecule is OC(CNCC1CCCCC1)COCc1ccccc1. The van der Waals surface area contributed by atoms with E-state index in [0.29, 0.717) is 19.8 Å². The Morgan fingerprint density at radius 3 is 2.65 bits per heavy atom. The van der Waals surface area contributed by atoms with Crippen molar-refractivity contribution in [2.45, 2.75) is 44.8 Å². The van der Waals surface area contributed by atoms with Crippen molar-refractivity contribution in [2.24, 2.45) is 5.92 Å². The van der Waals surface area contributed by atoms with E-state index in [2.05, 4.69) is 5.32 Å². The van der Waals surface area contributed by atoms with Crippen LogP contribution in [-0.2, 0) is 11.3 Å². The first-order valence-corrected chi connectivity index (χ1v) is 7.85. The lowest BCUT2D eigenvalue weighted by atomic mass is 9.89. The van der Waals surface area contributed by atoms with E-state index in [1.807, 2.05) is 30.3 Å². The number of ether oxygens (including phenoxy) is 1. The molecule has 1 fully saturated rings. The average molecular weight is 277 g/mol. The lowest BCUT2D eigenvalue weighted by molar-refractivity contribution is 0.0283. The Balaban J connectivity index is 1.50. The van der Waals surface area contributed by atoms with E-state index in [4.69, 9.17) is 4.74 Å². The first kappa shape index (κ1) is 15.5. The van der Waals surface area contributed by atoms with Gasteiger partial charge in [-0.1, -0.05) is 49.6 Å². The molecule has 1 saturated carbocycles. The largest absolute Gasteiger partial charge is 0.389 e. The summed E-state index contributed by atoms with van der Waals surface area (Å²) in [7, 11) is 0. The van der Waals surface area contributed by atoms with Crippen LogP contribution in [0.1, 0.15) is 37.7 Å². The number of aliphatic hydroxyl groups excluding tert-OH is 1. The van der Waals surface area contributed by atoms with Crippen LogP contribution in [0.15, 0.2) is 30.3 Å². The van der Waals surface area contributed by atoms with Crippen LogP contribution in [-0.4, -0.2) is 30.9 Å². The van der Waals surface area contributed by atoms with Crippen molar-refractivity contribution < 1.29 is 9.84 Å². The standard InChI is InChI=1S/C17H27NO2/c19-17(12-18-11-15-7-3-1-4-8-15)14-20-13-16-9-5-2-6-10-16/h2,5-6,9-10,15,17-19H,1,3-4,7-8,11-14H2. The zero-order chi connectivity index (χ0) is 14.0. The summed E-state index contributed by atoms with van der Waals surface area (Å²) in [6.45, 7) is 2.63. The summed E-state index contributed by atoms with van der Waals surface area (Å²) in [6, 6.07) is 10.1. The van der Waals surface area contributed by atoms with Gasteiger partial charge in [0.2, 0.25) is 0 Å². The minimum atomic E-state index is -0.415. The van der Waals surface area contributed by atoms with Crippen LogP contribution in [0, 0.1) is 5.92 Å². The topological polar surface area (TPSA) is 41.5 Å². The summed E-state index contributed by atoms with van der Waals surface area (Å²) in [5.74, 6) is 0.807. The highest BCUT2D eigenvalue weighted by Crippen LogP contribution is 2.22. The molecular formula is C17H27NO2. The third kappa shape index (κ3) is 6.04. The number of hydrogen-bond donors (Lipinski definition) is 2. The van der Waals surface area contributed by atoms with Crippen LogP contribution in [0.3, 0.4) is 0 Å². The van der Waals surface area contributed by atoms with Crippen LogP contribution >= 0.6 is 0 Å². The number of rotatable bonds is 8. The van der Waals surface area contributed by atoms with Crippen molar-refractivity contribution in [1.29, 1.82) is 0 Å². The summed E-state index contributed by atoms with van der Waals surface area (Å²) < 4.78 is 5.53. The van der Waals surface area contributed by atoms with Crippen molar-refractivity contribution in [2.75, 3.05) is 19.7 Å². The molecule has 1 atom stereocenters. The van der Waals surface area contributed by atoms with Gasteiger partial charge in [0, 0.05) is 6.54 Å². The minimum Gasteiger partial charge on any atom is -0.389 e. The van der Waals surface area contributed by atoms with Crippen LogP contribution in [0.4, 0.5) is 0 Å². The quantitative estimate of drug-likeness (QED) is 0.767. The van der Waals surface area contributed by atoms with E-state index in [0.717, 1.165) is 18.0 Å². The van der Waals surface area contributed by atoms with E-state index in [1.54, 1.807) is 0 Å². The third-order valence-electron chi connectivity index (χ3n) is 3.96. The molecule has 3 nitrogen and oxygen atoms in total. The van der Waals surface area contributed by atoms with E-state index < -0.39 is 6.10 Å². The average Bonchev–Trinajstić information content (AvgIpc) is 2.49. The fourth-order valence-electron chi connectivity index (χ4n) is 2.79. The Morgan fingerprint density at radius 2 is 1.90 bits per heavy atom. The van der Waals surface area contributed by atoms with E-state index in [9.17, 15) is 5.11 Å². The van der Waals surface area contributed by atoms with Crippen molar-refractivity contribution >= 4 is 0 Å². The summed E-state index contributed by atoms with van der Waals surface area (Å²) in [6.07, 6.45) is 6.40. The molecule has 0 aliphatic heterocycles. The van der Waals surface area contributed by atoms with Gasteiger partial charge < -0.3 is 15.2 Å². The molecule has 0 amide bonds. The molecule has 1 aliphatic carbocycles. The number of aliphatic hydroxyl groups is 1. The highest BCUT2D eigenvalue weighted by atomic mass is 16.5. The van der Waals surface area contributed by atoms with Crippen molar-refractivity contribution in [1.82, 2.24) is 5.32 Å². The van der Waals surface area contributed by atoms with Gasteiger partial charge >= 0.3 is 0 Å². The lowest BCUT2D eigenvalue weighted by Gasteiger charge is -2.22. The second kappa shape index (κ2) is 9.11.